The minimum atomic E-state index is -0.342. The Balaban J connectivity index is 2.70. The third kappa shape index (κ3) is 1.54. The lowest BCUT2D eigenvalue weighted by Crippen LogP contribution is -1.94. The molecular weight excluding hydrogens is 238 g/mol. The summed E-state index contributed by atoms with van der Waals surface area (Å²) in [4.78, 5) is 11.0. The van der Waals surface area contributed by atoms with Gasteiger partial charge in [0.15, 0.2) is 0 Å². The van der Waals surface area contributed by atoms with Crippen LogP contribution in [0.1, 0.15) is 5.56 Å². The molecule has 0 spiro atoms. The standard InChI is InChI=1S/C16H9NO2/c1-2-11-12-7-3-5-9-14(12)16(17(18)19)15-10-6-4-8-13(11)15/h1,3-10H. The molecule has 0 aromatic heterocycles. The highest BCUT2D eigenvalue weighted by molar-refractivity contribution is 6.12. The van der Waals surface area contributed by atoms with Crippen molar-refractivity contribution in [3.8, 4) is 12.3 Å². The van der Waals surface area contributed by atoms with E-state index in [4.69, 9.17) is 6.42 Å². The third-order valence-electron chi connectivity index (χ3n) is 3.23. The number of nitro benzene ring substituents is 1. The first-order chi connectivity index (χ1) is 9.24. The van der Waals surface area contributed by atoms with Gasteiger partial charge in [-0.2, -0.15) is 0 Å². The molecule has 0 radical (unpaired) electrons. The Morgan fingerprint density at radius 3 is 1.68 bits per heavy atom. The second-order valence-corrected chi connectivity index (χ2v) is 4.22. The molecule has 0 aliphatic heterocycles. The molecule has 0 fully saturated rings. The number of rotatable bonds is 1. The van der Waals surface area contributed by atoms with Crippen molar-refractivity contribution in [2.75, 3.05) is 0 Å². The molecule has 0 N–H and O–H groups in total. The van der Waals surface area contributed by atoms with Crippen molar-refractivity contribution in [1.82, 2.24) is 0 Å². The van der Waals surface area contributed by atoms with Crippen LogP contribution in [-0.4, -0.2) is 4.92 Å². The van der Waals surface area contributed by atoms with Crippen LogP contribution in [0.25, 0.3) is 21.5 Å². The summed E-state index contributed by atoms with van der Waals surface area (Å²) in [6, 6.07) is 14.4. The van der Waals surface area contributed by atoms with Gasteiger partial charge in [0, 0.05) is 16.3 Å². The lowest BCUT2D eigenvalue weighted by atomic mass is 9.95. The van der Waals surface area contributed by atoms with E-state index in [1.807, 2.05) is 24.3 Å². The Kier molecular flexibility index (Phi) is 2.43. The van der Waals surface area contributed by atoms with E-state index in [0.717, 1.165) is 10.8 Å². The Hall–Kier alpha value is -2.86. The smallest absolute Gasteiger partial charge is 0.258 e. The molecule has 0 atom stereocenters. The van der Waals surface area contributed by atoms with E-state index in [0.29, 0.717) is 16.3 Å². The molecule has 19 heavy (non-hydrogen) atoms. The average molecular weight is 247 g/mol. The molecule has 0 saturated heterocycles. The summed E-state index contributed by atoms with van der Waals surface area (Å²) in [6.07, 6.45) is 5.59. The number of hydrogen-bond donors (Lipinski definition) is 0. The van der Waals surface area contributed by atoms with Gasteiger partial charge in [-0.3, -0.25) is 10.1 Å². The molecule has 3 aromatic rings. The highest BCUT2D eigenvalue weighted by Gasteiger charge is 2.19. The zero-order valence-electron chi connectivity index (χ0n) is 9.96. The quantitative estimate of drug-likeness (QED) is 0.283. The van der Waals surface area contributed by atoms with E-state index in [2.05, 4.69) is 5.92 Å². The second-order valence-electron chi connectivity index (χ2n) is 4.22. The monoisotopic (exact) mass is 247 g/mol. The van der Waals surface area contributed by atoms with Crippen LogP contribution in [0.3, 0.4) is 0 Å². The molecule has 3 rings (SSSR count). The highest BCUT2D eigenvalue weighted by Crippen LogP contribution is 2.37. The van der Waals surface area contributed by atoms with E-state index in [1.165, 1.54) is 0 Å². The number of nitrogens with zero attached hydrogens (tertiary/aromatic N) is 1. The Labute approximate surface area is 109 Å². The lowest BCUT2D eigenvalue weighted by molar-refractivity contribution is -0.381. The van der Waals surface area contributed by atoms with Crippen LogP contribution in [0.15, 0.2) is 48.5 Å². The maximum atomic E-state index is 11.4. The predicted molar refractivity (Wildman–Crippen MR) is 76.0 cm³/mol. The molecular formula is C16H9NO2. The van der Waals surface area contributed by atoms with Crippen molar-refractivity contribution in [3.05, 3.63) is 64.2 Å². The van der Waals surface area contributed by atoms with Gasteiger partial charge in [0.2, 0.25) is 0 Å². The van der Waals surface area contributed by atoms with E-state index in [1.54, 1.807) is 24.3 Å². The number of fused-ring (bicyclic) bond motifs is 2. The zero-order chi connectivity index (χ0) is 13.4. The highest BCUT2D eigenvalue weighted by atomic mass is 16.6. The van der Waals surface area contributed by atoms with Crippen LogP contribution in [0.2, 0.25) is 0 Å². The summed E-state index contributed by atoms with van der Waals surface area (Å²) in [5.74, 6) is 2.66. The van der Waals surface area contributed by atoms with E-state index in [9.17, 15) is 10.1 Å². The van der Waals surface area contributed by atoms with Gasteiger partial charge < -0.3 is 0 Å². The minimum Gasteiger partial charge on any atom is -0.258 e. The van der Waals surface area contributed by atoms with Crippen LogP contribution in [0.4, 0.5) is 5.69 Å². The van der Waals surface area contributed by atoms with Gasteiger partial charge in [-0.05, 0) is 12.1 Å². The lowest BCUT2D eigenvalue weighted by Gasteiger charge is -2.08. The first-order valence-electron chi connectivity index (χ1n) is 5.78. The fourth-order valence-electron chi connectivity index (χ4n) is 2.46. The molecule has 0 heterocycles. The van der Waals surface area contributed by atoms with Crippen molar-refractivity contribution >= 4 is 27.2 Å². The maximum absolute atomic E-state index is 11.4. The Bertz CT molecular complexity index is 803. The van der Waals surface area contributed by atoms with Crippen molar-refractivity contribution in [3.63, 3.8) is 0 Å². The fraction of sp³-hybridized carbons (Fsp3) is 0. The molecule has 0 unspecified atom stereocenters. The van der Waals surface area contributed by atoms with Gasteiger partial charge in [0.1, 0.15) is 0 Å². The molecule has 0 amide bonds. The number of non-ortho nitro benzene ring substituents is 1. The van der Waals surface area contributed by atoms with Crippen LogP contribution in [-0.2, 0) is 0 Å². The largest absolute Gasteiger partial charge is 0.285 e. The zero-order valence-corrected chi connectivity index (χ0v) is 9.96. The Morgan fingerprint density at radius 2 is 1.32 bits per heavy atom. The second kappa shape index (κ2) is 4.11. The summed E-state index contributed by atoms with van der Waals surface area (Å²) >= 11 is 0. The van der Waals surface area contributed by atoms with Gasteiger partial charge in [0.25, 0.3) is 5.69 Å². The Morgan fingerprint density at radius 1 is 0.895 bits per heavy atom. The average Bonchev–Trinajstić information content (AvgIpc) is 2.44. The summed E-state index contributed by atoms with van der Waals surface area (Å²) in [7, 11) is 0. The SMILES string of the molecule is C#Cc1c2ccccc2c([N+](=O)[O-])c2ccccc12. The first-order valence-corrected chi connectivity index (χ1v) is 5.78. The normalized spacial score (nSPS) is 10.5. The van der Waals surface area contributed by atoms with E-state index < -0.39 is 0 Å². The van der Waals surface area contributed by atoms with Gasteiger partial charge in [-0.15, -0.1) is 6.42 Å². The van der Waals surface area contributed by atoms with Gasteiger partial charge in [-0.25, -0.2) is 0 Å². The minimum absolute atomic E-state index is 0.116. The van der Waals surface area contributed by atoms with Gasteiger partial charge in [-0.1, -0.05) is 42.3 Å². The topological polar surface area (TPSA) is 43.1 Å². The summed E-state index contributed by atoms with van der Waals surface area (Å²) in [5, 5.41) is 14.0. The molecule has 0 bridgehead atoms. The van der Waals surface area contributed by atoms with Crippen molar-refractivity contribution in [2.45, 2.75) is 0 Å². The number of nitro groups is 1. The summed E-state index contributed by atoms with van der Waals surface area (Å²) in [5.41, 5.74) is 0.821. The van der Waals surface area contributed by atoms with Crippen molar-refractivity contribution in [1.29, 1.82) is 0 Å². The fourth-order valence-corrected chi connectivity index (χ4v) is 2.46. The van der Waals surface area contributed by atoms with Crippen LogP contribution >= 0.6 is 0 Å². The first kappa shape index (κ1) is 11.2. The molecule has 0 saturated carbocycles. The van der Waals surface area contributed by atoms with Crippen LogP contribution in [0, 0.1) is 22.5 Å². The molecule has 3 heteroatoms. The summed E-state index contributed by atoms with van der Waals surface area (Å²) in [6.45, 7) is 0. The molecule has 0 aliphatic carbocycles. The number of benzene rings is 3. The van der Waals surface area contributed by atoms with Gasteiger partial charge in [0.05, 0.1) is 15.7 Å². The van der Waals surface area contributed by atoms with Crippen molar-refractivity contribution in [2.24, 2.45) is 0 Å². The predicted octanol–water partition coefficient (Wildman–Crippen LogP) is 3.88. The molecule has 90 valence electrons. The van der Waals surface area contributed by atoms with Crippen LogP contribution in [0.5, 0.6) is 0 Å². The molecule has 3 nitrogen and oxygen atoms in total. The van der Waals surface area contributed by atoms with Gasteiger partial charge >= 0.3 is 0 Å². The summed E-state index contributed by atoms with van der Waals surface area (Å²) < 4.78 is 0. The number of hydrogen-bond acceptors (Lipinski definition) is 2. The van der Waals surface area contributed by atoms with Crippen molar-refractivity contribution < 1.29 is 4.92 Å². The van der Waals surface area contributed by atoms with Crippen LogP contribution < -0.4 is 0 Å². The third-order valence-corrected chi connectivity index (χ3v) is 3.23. The molecule has 0 aliphatic rings. The maximum Gasteiger partial charge on any atom is 0.285 e. The van der Waals surface area contributed by atoms with E-state index >= 15 is 0 Å². The van der Waals surface area contributed by atoms with E-state index in [-0.39, 0.29) is 10.6 Å². The molecule has 3 aromatic carbocycles. The number of terminal acetylenes is 1.